The van der Waals surface area contributed by atoms with Gasteiger partial charge < -0.3 is 14.9 Å². The molecule has 0 aromatic carbocycles. The van der Waals surface area contributed by atoms with E-state index in [0.29, 0.717) is 6.42 Å². The molecule has 0 unspecified atom stereocenters. The summed E-state index contributed by atoms with van der Waals surface area (Å²) < 4.78 is 6.46. The third kappa shape index (κ3) is 9.63. The maximum atomic E-state index is 10.4. The van der Waals surface area contributed by atoms with Crippen LogP contribution in [-0.4, -0.2) is 34.1 Å². The number of aliphatic hydroxyl groups excluding tert-OH is 2. The zero-order valence-electron chi connectivity index (χ0n) is 28.4. The molecular weight excluding hydrogens is 528 g/mol. The fraction of sp³-hybridized carbons (Fsp3) is 0.500. The summed E-state index contributed by atoms with van der Waals surface area (Å²) in [4.78, 5) is 0. The van der Waals surface area contributed by atoms with Gasteiger partial charge in [-0.3, -0.25) is 0 Å². The van der Waals surface area contributed by atoms with Gasteiger partial charge in [-0.1, -0.05) is 123 Å². The lowest BCUT2D eigenvalue weighted by atomic mass is 9.65. The summed E-state index contributed by atoms with van der Waals surface area (Å²) >= 11 is 0. The van der Waals surface area contributed by atoms with Crippen molar-refractivity contribution in [1.29, 1.82) is 0 Å². The van der Waals surface area contributed by atoms with Crippen molar-refractivity contribution in [2.45, 2.75) is 119 Å². The molecule has 1 fully saturated rings. The molecule has 0 saturated heterocycles. The predicted octanol–water partition coefficient (Wildman–Crippen LogP) is 9.76. The number of allylic oxidation sites excluding steroid dienone is 16. The van der Waals surface area contributed by atoms with Crippen LogP contribution < -0.4 is 0 Å². The van der Waals surface area contributed by atoms with Gasteiger partial charge in [0.2, 0.25) is 0 Å². The molecule has 2 aliphatic carbocycles. The first-order chi connectivity index (χ1) is 20.0. The van der Waals surface area contributed by atoms with E-state index in [4.69, 9.17) is 4.74 Å². The molecule has 1 saturated carbocycles. The molecule has 3 nitrogen and oxygen atoms in total. The van der Waals surface area contributed by atoms with Crippen LogP contribution >= 0.6 is 0 Å². The van der Waals surface area contributed by atoms with Crippen LogP contribution in [0, 0.1) is 10.8 Å². The summed E-state index contributed by atoms with van der Waals surface area (Å²) in [6, 6.07) is 0. The van der Waals surface area contributed by atoms with Crippen LogP contribution in [0.2, 0.25) is 0 Å². The van der Waals surface area contributed by atoms with E-state index in [-0.39, 0.29) is 34.7 Å². The van der Waals surface area contributed by atoms with Crippen molar-refractivity contribution in [2.24, 2.45) is 10.8 Å². The molecule has 3 heteroatoms. The fourth-order valence-electron chi connectivity index (χ4n) is 7.02. The van der Waals surface area contributed by atoms with Crippen LogP contribution in [0.25, 0.3) is 0 Å². The smallest absolute Gasteiger partial charge is 0.0982 e. The largest absolute Gasteiger partial charge is 0.393 e. The van der Waals surface area contributed by atoms with E-state index in [0.717, 1.165) is 19.3 Å². The van der Waals surface area contributed by atoms with E-state index in [2.05, 4.69) is 148 Å². The van der Waals surface area contributed by atoms with Gasteiger partial charge >= 0.3 is 0 Å². The summed E-state index contributed by atoms with van der Waals surface area (Å²) in [5, 5.41) is 20.5. The first-order valence-corrected chi connectivity index (χ1v) is 15.9. The van der Waals surface area contributed by atoms with Gasteiger partial charge in [-0.15, -0.1) is 0 Å². The lowest BCUT2D eigenvalue weighted by molar-refractivity contribution is -0.0683. The van der Waals surface area contributed by atoms with Crippen LogP contribution in [-0.2, 0) is 4.74 Å². The SMILES string of the molecule is CC1=C(/C=C/C(C)=C/C=C/C(C)=C/C=C/C=C(C)/C=C/C=C(/C)[C@H]2C=C3C(C)(C)C[C@H](O)C[C@@]3(C)O2)C(C)(C)C[C@H](O)C1. The van der Waals surface area contributed by atoms with Crippen LogP contribution in [0.5, 0.6) is 0 Å². The number of fused-ring (bicyclic) bond motifs is 1. The van der Waals surface area contributed by atoms with Gasteiger partial charge in [0.05, 0.1) is 23.9 Å². The summed E-state index contributed by atoms with van der Waals surface area (Å²) in [5.74, 6) is 0. The average molecular weight is 585 g/mol. The van der Waals surface area contributed by atoms with Gasteiger partial charge in [0.1, 0.15) is 0 Å². The number of rotatable bonds is 9. The standard InChI is InChI=1S/C40H56O3/c1-28(17-13-18-30(3)21-22-35-32(5)23-33(41)25-38(35,6)7)15-11-12-16-29(2)19-14-20-31(4)36-24-37-39(8,9)26-34(42)27-40(37,10)43-36/h11-22,24,33-34,36,41-42H,23,25-27H2,1-10H3/b12-11+,17-13+,19-14+,22-21+,28-15+,29-16+,30-18+,31-20-/t33-,34+,36-,40-/m1/s1. The van der Waals surface area contributed by atoms with Crippen LogP contribution in [0.3, 0.4) is 0 Å². The first-order valence-electron chi connectivity index (χ1n) is 15.9. The van der Waals surface area contributed by atoms with Crippen molar-refractivity contribution in [1.82, 2.24) is 0 Å². The second-order valence-corrected chi connectivity index (χ2v) is 14.5. The van der Waals surface area contributed by atoms with E-state index >= 15 is 0 Å². The van der Waals surface area contributed by atoms with Gasteiger partial charge in [0.25, 0.3) is 0 Å². The monoisotopic (exact) mass is 584 g/mol. The molecular formula is C40H56O3. The predicted molar refractivity (Wildman–Crippen MR) is 184 cm³/mol. The molecule has 3 aliphatic rings. The normalized spacial score (nSPS) is 30.8. The molecule has 4 atom stereocenters. The van der Waals surface area contributed by atoms with E-state index in [9.17, 15) is 10.2 Å². The number of hydrogen-bond donors (Lipinski definition) is 2. The highest BCUT2D eigenvalue weighted by molar-refractivity contribution is 5.39. The number of ether oxygens (including phenoxy) is 1. The molecule has 0 aromatic rings. The Balaban J connectivity index is 1.52. The summed E-state index contributed by atoms with van der Waals surface area (Å²) in [6.45, 7) is 21.6. The average Bonchev–Trinajstić information content (AvgIpc) is 3.23. The lowest BCUT2D eigenvalue weighted by Crippen LogP contribution is -2.45. The molecule has 0 radical (unpaired) electrons. The first kappa shape index (κ1) is 34.8. The molecule has 0 aromatic heterocycles. The Bertz CT molecular complexity index is 1330. The highest BCUT2D eigenvalue weighted by Crippen LogP contribution is 2.52. The Morgan fingerprint density at radius 3 is 1.86 bits per heavy atom. The topological polar surface area (TPSA) is 49.7 Å². The van der Waals surface area contributed by atoms with Gasteiger partial charge in [-0.2, -0.15) is 0 Å². The molecule has 2 N–H and O–H groups in total. The highest BCUT2D eigenvalue weighted by atomic mass is 16.5. The second-order valence-electron chi connectivity index (χ2n) is 14.5. The summed E-state index contributed by atoms with van der Waals surface area (Å²) in [5.41, 5.74) is 8.25. The van der Waals surface area contributed by atoms with E-state index in [1.54, 1.807) is 0 Å². The van der Waals surface area contributed by atoms with E-state index in [1.807, 2.05) is 0 Å². The van der Waals surface area contributed by atoms with E-state index < -0.39 is 0 Å². The van der Waals surface area contributed by atoms with E-state index in [1.165, 1.54) is 39.0 Å². The highest BCUT2D eigenvalue weighted by Gasteiger charge is 2.50. The number of aliphatic hydroxyl groups is 2. The van der Waals surface area contributed by atoms with Crippen LogP contribution in [0.1, 0.15) is 94.9 Å². The van der Waals surface area contributed by atoms with Crippen LogP contribution in [0.15, 0.2) is 118 Å². The van der Waals surface area contributed by atoms with Crippen molar-refractivity contribution in [3.63, 3.8) is 0 Å². The molecule has 234 valence electrons. The Morgan fingerprint density at radius 2 is 1.26 bits per heavy atom. The molecule has 3 rings (SSSR count). The van der Waals surface area contributed by atoms with Crippen molar-refractivity contribution in [3.05, 3.63) is 118 Å². The maximum absolute atomic E-state index is 10.4. The third-order valence-corrected chi connectivity index (χ3v) is 9.08. The lowest BCUT2D eigenvalue weighted by Gasteiger charge is -2.44. The Morgan fingerprint density at radius 1 is 0.721 bits per heavy atom. The Labute approximate surface area is 262 Å². The molecule has 0 bridgehead atoms. The van der Waals surface area contributed by atoms with Crippen LogP contribution in [0.4, 0.5) is 0 Å². The van der Waals surface area contributed by atoms with Gasteiger partial charge in [0.15, 0.2) is 0 Å². The summed E-state index contributed by atoms with van der Waals surface area (Å²) in [7, 11) is 0. The van der Waals surface area contributed by atoms with Crippen molar-refractivity contribution in [2.75, 3.05) is 0 Å². The molecule has 43 heavy (non-hydrogen) atoms. The fourth-order valence-corrected chi connectivity index (χ4v) is 7.02. The molecule has 1 aliphatic heterocycles. The van der Waals surface area contributed by atoms with Gasteiger partial charge in [0, 0.05) is 6.42 Å². The molecule has 0 spiro atoms. The second kappa shape index (κ2) is 14.4. The zero-order valence-corrected chi connectivity index (χ0v) is 28.4. The third-order valence-electron chi connectivity index (χ3n) is 9.08. The van der Waals surface area contributed by atoms with Crippen molar-refractivity contribution < 1.29 is 14.9 Å². The minimum atomic E-state index is -0.381. The number of hydrogen-bond acceptors (Lipinski definition) is 3. The summed E-state index contributed by atoms with van der Waals surface area (Å²) in [6.07, 6.45) is 30.2. The molecule has 1 heterocycles. The quantitative estimate of drug-likeness (QED) is 0.209. The van der Waals surface area contributed by atoms with Gasteiger partial charge in [-0.05, 0) is 94.4 Å². The van der Waals surface area contributed by atoms with Gasteiger partial charge in [-0.25, -0.2) is 0 Å². The van der Waals surface area contributed by atoms with Crippen molar-refractivity contribution in [3.8, 4) is 0 Å². The Kier molecular flexibility index (Phi) is 11.6. The zero-order chi connectivity index (χ0) is 32.0. The maximum Gasteiger partial charge on any atom is 0.0982 e. The Hall–Kier alpha value is -2.72. The minimum absolute atomic E-state index is 0.00171. The molecule has 0 amide bonds. The van der Waals surface area contributed by atoms with Crippen molar-refractivity contribution >= 4 is 0 Å². The minimum Gasteiger partial charge on any atom is -0.393 e.